The molecule has 168 valence electrons. The van der Waals surface area contributed by atoms with Crippen molar-refractivity contribution in [1.82, 2.24) is 4.57 Å². The van der Waals surface area contributed by atoms with Gasteiger partial charge in [0.1, 0.15) is 11.6 Å². The molecule has 2 aromatic carbocycles. The van der Waals surface area contributed by atoms with Gasteiger partial charge in [-0.25, -0.2) is 22.7 Å². The Kier molecular flexibility index (Phi) is 6.47. The lowest BCUT2D eigenvalue weighted by Crippen LogP contribution is -2.16. The molecule has 10 heteroatoms. The van der Waals surface area contributed by atoms with Crippen LogP contribution in [0.1, 0.15) is 32.1 Å². The van der Waals surface area contributed by atoms with Gasteiger partial charge < -0.3 is 14.0 Å². The first-order valence-electron chi connectivity index (χ1n) is 9.39. The van der Waals surface area contributed by atoms with E-state index in [9.17, 15) is 22.4 Å². The van der Waals surface area contributed by atoms with E-state index in [1.54, 1.807) is 36.6 Å². The number of aryl methyl sites for hydroxylation is 1. The van der Waals surface area contributed by atoms with Crippen LogP contribution in [0.5, 0.6) is 5.75 Å². The maximum absolute atomic E-state index is 14.0. The van der Waals surface area contributed by atoms with E-state index in [-0.39, 0.29) is 16.2 Å². The molecule has 1 heterocycles. The van der Waals surface area contributed by atoms with Gasteiger partial charge in [0.25, 0.3) is 0 Å². The Balaban J connectivity index is 1.78. The lowest BCUT2D eigenvalue weighted by molar-refractivity contribution is 0.0470. The van der Waals surface area contributed by atoms with Crippen LogP contribution in [0.15, 0.2) is 53.4 Å². The van der Waals surface area contributed by atoms with E-state index in [2.05, 4.69) is 0 Å². The summed E-state index contributed by atoms with van der Waals surface area (Å²) in [6, 6.07) is 11.2. The predicted molar refractivity (Wildman–Crippen MR) is 114 cm³/mol. The van der Waals surface area contributed by atoms with E-state index in [0.717, 1.165) is 6.07 Å². The van der Waals surface area contributed by atoms with Crippen molar-refractivity contribution in [3.63, 3.8) is 0 Å². The molecule has 1 aromatic heterocycles. The Morgan fingerprint density at radius 2 is 1.69 bits per heavy atom. The molecule has 0 spiro atoms. The van der Waals surface area contributed by atoms with Gasteiger partial charge in [0.2, 0.25) is 15.8 Å². The summed E-state index contributed by atoms with van der Waals surface area (Å²) in [5, 5.41) is 5.12. The maximum atomic E-state index is 14.0. The molecule has 0 fully saturated rings. The fraction of sp³-hybridized carbons (Fsp3) is 0.182. The van der Waals surface area contributed by atoms with Crippen molar-refractivity contribution in [2.75, 3.05) is 13.7 Å². The zero-order valence-electron chi connectivity index (χ0n) is 17.6. The number of nitrogens with zero attached hydrogens (tertiary/aromatic N) is 1. The van der Waals surface area contributed by atoms with Gasteiger partial charge in [-0.1, -0.05) is 0 Å². The van der Waals surface area contributed by atoms with Gasteiger partial charge in [-0.3, -0.25) is 4.79 Å². The number of ether oxygens (including phenoxy) is 2. The minimum absolute atomic E-state index is 0.0299. The molecule has 0 atom stereocenters. The molecule has 0 aliphatic heterocycles. The third-order valence-corrected chi connectivity index (χ3v) is 5.81. The summed E-state index contributed by atoms with van der Waals surface area (Å²) in [5.74, 6) is -2.00. The van der Waals surface area contributed by atoms with Crippen molar-refractivity contribution >= 4 is 21.8 Å². The summed E-state index contributed by atoms with van der Waals surface area (Å²) < 4.78 is 48.6. The quantitative estimate of drug-likeness (QED) is 0.428. The molecule has 32 heavy (non-hydrogen) atoms. The van der Waals surface area contributed by atoms with Gasteiger partial charge in [-0.2, -0.15) is 0 Å². The highest BCUT2D eigenvalue weighted by molar-refractivity contribution is 7.89. The number of ketones is 1. The van der Waals surface area contributed by atoms with Crippen molar-refractivity contribution in [2.24, 2.45) is 5.14 Å². The van der Waals surface area contributed by atoms with Crippen LogP contribution in [-0.2, 0) is 14.8 Å². The van der Waals surface area contributed by atoms with E-state index in [1.807, 2.05) is 0 Å². The minimum atomic E-state index is -3.82. The molecule has 0 unspecified atom stereocenters. The molecule has 0 saturated carbocycles. The smallest absolute Gasteiger partial charge is 0.341 e. The monoisotopic (exact) mass is 460 g/mol. The molecular weight excluding hydrogens is 439 g/mol. The Morgan fingerprint density at radius 3 is 2.25 bits per heavy atom. The van der Waals surface area contributed by atoms with Crippen LogP contribution in [0.4, 0.5) is 4.39 Å². The third kappa shape index (κ3) is 4.71. The number of carbonyl (C=O) groups is 2. The normalized spacial score (nSPS) is 11.3. The van der Waals surface area contributed by atoms with E-state index in [4.69, 9.17) is 14.6 Å². The lowest BCUT2D eigenvalue weighted by atomic mass is 10.1. The van der Waals surface area contributed by atoms with Crippen LogP contribution in [0.3, 0.4) is 0 Å². The highest BCUT2D eigenvalue weighted by atomic mass is 32.2. The number of Topliss-reactive ketones (excluding diaryl/α,β-unsaturated/α-hetero) is 1. The average Bonchev–Trinajstić information content (AvgIpc) is 3.05. The number of sulfonamides is 1. The maximum Gasteiger partial charge on any atom is 0.341 e. The molecule has 0 aliphatic carbocycles. The summed E-state index contributed by atoms with van der Waals surface area (Å²) in [4.78, 5) is 24.8. The second-order valence-electron chi connectivity index (χ2n) is 7.00. The summed E-state index contributed by atoms with van der Waals surface area (Å²) in [6.45, 7) is 2.91. The summed E-state index contributed by atoms with van der Waals surface area (Å²) >= 11 is 0. The number of hydrogen-bond acceptors (Lipinski definition) is 6. The van der Waals surface area contributed by atoms with Gasteiger partial charge >= 0.3 is 5.97 Å². The van der Waals surface area contributed by atoms with Crippen molar-refractivity contribution in [3.05, 3.63) is 76.9 Å². The zero-order valence-corrected chi connectivity index (χ0v) is 18.4. The molecule has 0 saturated heterocycles. The molecule has 0 amide bonds. The van der Waals surface area contributed by atoms with Gasteiger partial charge in [0.05, 0.1) is 17.6 Å². The Bertz CT molecular complexity index is 1300. The van der Waals surface area contributed by atoms with Crippen molar-refractivity contribution in [3.8, 4) is 11.4 Å². The van der Waals surface area contributed by atoms with Gasteiger partial charge in [-0.05, 0) is 56.3 Å². The van der Waals surface area contributed by atoms with Crippen LogP contribution in [-0.4, -0.2) is 38.5 Å². The number of halogens is 1. The van der Waals surface area contributed by atoms with Crippen molar-refractivity contribution in [2.45, 2.75) is 18.7 Å². The highest BCUT2D eigenvalue weighted by Gasteiger charge is 2.20. The molecule has 0 bridgehead atoms. The highest BCUT2D eigenvalue weighted by Crippen LogP contribution is 2.23. The zero-order chi connectivity index (χ0) is 23.6. The molecule has 3 aromatic rings. The van der Waals surface area contributed by atoms with Crippen LogP contribution in [0.25, 0.3) is 5.69 Å². The van der Waals surface area contributed by atoms with Crippen molar-refractivity contribution < 1.29 is 31.9 Å². The number of benzene rings is 2. The first-order valence-corrected chi connectivity index (χ1v) is 10.9. The number of hydrogen-bond donors (Lipinski definition) is 1. The number of carbonyl (C=O) groups excluding carboxylic acids is 2. The largest absolute Gasteiger partial charge is 0.497 e. The number of esters is 1. The molecule has 0 aliphatic rings. The fourth-order valence-electron chi connectivity index (χ4n) is 3.30. The molecule has 8 nitrogen and oxygen atoms in total. The Hall–Kier alpha value is -3.50. The third-order valence-electron chi connectivity index (χ3n) is 4.89. The number of methoxy groups -OCH3 is 1. The molecule has 0 radical (unpaired) electrons. The minimum Gasteiger partial charge on any atom is -0.497 e. The number of rotatable bonds is 7. The summed E-state index contributed by atoms with van der Waals surface area (Å²) in [5.41, 5.74) is 1.92. The van der Waals surface area contributed by atoms with Crippen LogP contribution in [0.2, 0.25) is 0 Å². The van der Waals surface area contributed by atoms with Crippen LogP contribution in [0, 0.1) is 19.7 Å². The van der Waals surface area contributed by atoms with Crippen LogP contribution >= 0.6 is 0 Å². The van der Waals surface area contributed by atoms with Gasteiger partial charge in [0, 0.05) is 28.7 Å². The summed E-state index contributed by atoms with van der Waals surface area (Å²) in [6.07, 6.45) is 0. The first-order chi connectivity index (χ1) is 15.0. The second-order valence-corrected chi connectivity index (χ2v) is 8.57. The molecule has 2 N–H and O–H groups in total. The standard InChI is InChI=1S/C22H21FN2O6S/c1-13-10-19(14(2)25(13)15-4-7-17(8-5-15)32(24,28)29)21(26)12-31-22(27)18-9-6-16(30-3)11-20(18)23/h4-11H,12H2,1-3H3,(H2,24,28,29). The lowest BCUT2D eigenvalue weighted by Gasteiger charge is -2.11. The number of primary sulfonamides is 1. The average molecular weight is 460 g/mol. The summed E-state index contributed by atoms with van der Waals surface area (Å²) in [7, 11) is -2.45. The van der Waals surface area contributed by atoms with Crippen LogP contribution < -0.4 is 9.88 Å². The van der Waals surface area contributed by atoms with E-state index in [1.165, 1.54) is 31.4 Å². The fourth-order valence-corrected chi connectivity index (χ4v) is 3.82. The Morgan fingerprint density at radius 1 is 1.03 bits per heavy atom. The second kappa shape index (κ2) is 8.93. The molecular formula is C22H21FN2O6S. The van der Waals surface area contributed by atoms with Gasteiger partial charge in [0.15, 0.2) is 6.61 Å². The topological polar surface area (TPSA) is 118 Å². The number of aromatic nitrogens is 1. The number of nitrogens with two attached hydrogens (primary N) is 1. The van der Waals surface area contributed by atoms with Gasteiger partial charge in [-0.15, -0.1) is 0 Å². The van der Waals surface area contributed by atoms with Crippen molar-refractivity contribution in [1.29, 1.82) is 0 Å². The Labute approximate surface area is 184 Å². The van der Waals surface area contributed by atoms with E-state index >= 15 is 0 Å². The molecule has 3 rings (SSSR count). The van der Waals surface area contributed by atoms with E-state index < -0.39 is 34.2 Å². The SMILES string of the molecule is COc1ccc(C(=O)OCC(=O)c2cc(C)n(-c3ccc(S(N)(=O)=O)cc3)c2C)c(F)c1. The van der Waals surface area contributed by atoms with E-state index in [0.29, 0.717) is 22.6 Å². The first kappa shape index (κ1) is 23.2. The predicted octanol–water partition coefficient (Wildman–Crippen LogP) is 2.93.